The number of thioether (sulfide) groups is 1. The molecule has 0 spiro atoms. The van der Waals surface area contributed by atoms with Crippen LogP contribution in [0.15, 0.2) is 4.34 Å². The second-order valence-corrected chi connectivity index (χ2v) is 3.85. The van der Waals surface area contributed by atoms with Crippen molar-refractivity contribution in [2.24, 2.45) is 5.73 Å². The molecule has 0 aliphatic rings. The van der Waals surface area contributed by atoms with Crippen LogP contribution in [0.5, 0.6) is 0 Å². The Morgan fingerprint density at radius 1 is 1.73 bits per heavy atom. The summed E-state index contributed by atoms with van der Waals surface area (Å²) in [4.78, 5) is 14.5. The maximum Gasteiger partial charge on any atom is 0.270 e. The first-order valence-corrected chi connectivity index (χ1v) is 4.79. The molecule has 0 aliphatic carbocycles. The van der Waals surface area contributed by atoms with Crippen molar-refractivity contribution in [3.8, 4) is 0 Å². The van der Waals surface area contributed by atoms with Crippen LogP contribution in [0.2, 0.25) is 0 Å². The molecule has 0 unspecified atom stereocenters. The van der Waals surface area contributed by atoms with E-state index in [4.69, 9.17) is 11.5 Å². The summed E-state index contributed by atoms with van der Waals surface area (Å²) in [5, 5.41) is 0.391. The lowest BCUT2D eigenvalue weighted by Gasteiger charge is -1.86. The van der Waals surface area contributed by atoms with E-state index < -0.39 is 5.91 Å². The van der Waals surface area contributed by atoms with E-state index in [0.717, 1.165) is 4.34 Å². The fourth-order valence-electron chi connectivity index (χ4n) is 0.575. The number of carbonyl (C=O) groups excluding carboxylic acids is 1. The van der Waals surface area contributed by atoms with Gasteiger partial charge < -0.3 is 11.5 Å². The fraction of sp³-hybridized carbons (Fsp3) is 0.200. The topological polar surface area (TPSA) is 82.0 Å². The predicted molar refractivity (Wildman–Crippen MR) is 46.8 cm³/mol. The highest BCUT2D eigenvalue weighted by molar-refractivity contribution is 8.00. The minimum absolute atomic E-state index is 0.180. The van der Waals surface area contributed by atoms with Gasteiger partial charge in [0.2, 0.25) is 0 Å². The van der Waals surface area contributed by atoms with Crippen LogP contribution in [-0.4, -0.2) is 17.1 Å². The molecule has 1 rings (SSSR count). The number of primary amides is 1. The van der Waals surface area contributed by atoms with E-state index in [1.807, 2.05) is 6.26 Å². The van der Waals surface area contributed by atoms with Crippen molar-refractivity contribution in [3.05, 3.63) is 5.69 Å². The van der Waals surface area contributed by atoms with Crippen LogP contribution in [0.4, 0.5) is 5.00 Å². The molecule has 0 atom stereocenters. The van der Waals surface area contributed by atoms with Crippen molar-refractivity contribution in [3.63, 3.8) is 0 Å². The van der Waals surface area contributed by atoms with Crippen molar-refractivity contribution >= 4 is 34.0 Å². The molecule has 1 amide bonds. The molecule has 1 aromatic heterocycles. The third-order valence-corrected chi connectivity index (χ3v) is 2.91. The van der Waals surface area contributed by atoms with E-state index in [-0.39, 0.29) is 5.69 Å². The van der Waals surface area contributed by atoms with Crippen LogP contribution < -0.4 is 11.5 Å². The first-order chi connectivity index (χ1) is 5.15. The van der Waals surface area contributed by atoms with Crippen LogP contribution in [-0.2, 0) is 0 Å². The van der Waals surface area contributed by atoms with E-state index in [2.05, 4.69) is 4.98 Å². The molecule has 0 bridgehead atoms. The lowest BCUT2D eigenvalue weighted by molar-refractivity contribution is 0.0996. The van der Waals surface area contributed by atoms with Crippen molar-refractivity contribution in [2.45, 2.75) is 4.34 Å². The molecular weight excluding hydrogens is 182 g/mol. The molecule has 0 radical (unpaired) electrons. The molecule has 0 saturated heterocycles. The summed E-state index contributed by atoms with van der Waals surface area (Å²) in [6, 6.07) is 0. The minimum atomic E-state index is -0.570. The van der Waals surface area contributed by atoms with Crippen molar-refractivity contribution < 1.29 is 4.79 Å². The van der Waals surface area contributed by atoms with Crippen LogP contribution in [0.1, 0.15) is 10.5 Å². The summed E-state index contributed by atoms with van der Waals surface area (Å²) in [5.41, 5.74) is 10.6. The molecule has 4 N–H and O–H groups in total. The van der Waals surface area contributed by atoms with E-state index in [1.165, 1.54) is 23.1 Å². The first-order valence-electron chi connectivity index (χ1n) is 2.75. The second-order valence-electron chi connectivity index (χ2n) is 1.76. The average Bonchev–Trinajstić information content (AvgIpc) is 2.30. The average molecular weight is 189 g/mol. The number of aromatic nitrogens is 1. The predicted octanol–water partition coefficient (Wildman–Crippen LogP) is 0.546. The van der Waals surface area contributed by atoms with Gasteiger partial charge in [-0.05, 0) is 6.26 Å². The van der Waals surface area contributed by atoms with E-state index in [1.54, 1.807) is 0 Å². The standard InChI is InChI=1S/C5H7N3OS2/c1-10-5-8-2(3(6)9)4(7)11-5/h7H2,1H3,(H2,6,9). The SMILES string of the molecule is CSc1nc(C(N)=O)c(N)s1. The van der Waals surface area contributed by atoms with Crippen LogP contribution >= 0.6 is 23.1 Å². The van der Waals surface area contributed by atoms with E-state index in [0.29, 0.717) is 5.00 Å². The zero-order valence-electron chi connectivity index (χ0n) is 5.83. The Hall–Kier alpha value is -0.750. The van der Waals surface area contributed by atoms with Gasteiger partial charge in [-0.2, -0.15) is 0 Å². The number of amides is 1. The Labute approximate surface area is 72.0 Å². The van der Waals surface area contributed by atoms with Gasteiger partial charge in [-0.15, -0.1) is 0 Å². The van der Waals surface area contributed by atoms with Crippen molar-refractivity contribution in [1.82, 2.24) is 4.98 Å². The number of anilines is 1. The molecule has 11 heavy (non-hydrogen) atoms. The van der Waals surface area contributed by atoms with E-state index in [9.17, 15) is 4.79 Å². The molecule has 0 aliphatic heterocycles. The van der Waals surface area contributed by atoms with Gasteiger partial charge in [0.15, 0.2) is 10.0 Å². The second kappa shape index (κ2) is 3.10. The monoisotopic (exact) mass is 189 g/mol. The minimum Gasteiger partial charge on any atom is -0.389 e. The normalized spacial score (nSPS) is 9.91. The molecule has 1 aromatic rings. The first kappa shape index (κ1) is 8.35. The highest BCUT2D eigenvalue weighted by atomic mass is 32.2. The number of nitrogens with two attached hydrogens (primary N) is 2. The van der Waals surface area contributed by atoms with Gasteiger partial charge >= 0.3 is 0 Å². The maximum atomic E-state index is 10.6. The third kappa shape index (κ3) is 1.63. The maximum absolute atomic E-state index is 10.6. The summed E-state index contributed by atoms with van der Waals surface area (Å²) < 4.78 is 0.760. The lowest BCUT2D eigenvalue weighted by atomic mass is 10.4. The fourth-order valence-corrected chi connectivity index (χ4v) is 1.93. The number of rotatable bonds is 2. The number of nitrogens with zero attached hydrogens (tertiary/aromatic N) is 1. The Balaban J connectivity index is 3.07. The Morgan fingerprint density at radius 3 is 2.64 bits per heavy atom. The molecule has 60 valence electrons. The Morgan fingerprint density at radius 2 is 2.36 bits per heavy atom. The zero-order valence-corrected chi connectivity index (χ0v) is 7.46. The molecule has 0 aromatic carbocycles. The van der Waals surface area contributed by atoms with Gasteiger partial charge in [-0.3, -0.25) is 4.79 Å². The van der Waals surface area contributed by atoms with Crippen LogP contribution in [0.3, 0.4) is 0 Å². The largest absolute Gasteiger partial charge is 0.389 e. The van der Waals surface area contributed by atoms with Crippen LogP contribution in [0, 0.1) is 0 Å². The number of thiazole rings is 1. The summed E-state index contributed by atoms with van der Waals surface area (Å²) in [7, 11) is 0. The molecule has 0 saturated carbocycles. The van der Waals surface area contributed by atoms with Gasteiger partial charge in [-0.1, -0.05) is 23.1 Å². The highest BCUT2D eigenvalue weighted by Crippen LogP contribution is 2.27. The van der Waals surface area contributed by atoms with Gasteiger partial charge in [0.1, 0.15) is 5.00 Å². The van der Waals surface area contributed by atoms with Crippen molar-refractivity contribution in [2.75, 3.05) is 12.0 Å². The molecule has 0 fully saturated rings. The highest BCUT2D eigenvalue weighted by Gasteiger charge is 2.11. The smallest absolute Gasteiger partial charge is 0.270 e. The Kier molecular flexibility index (Phi) is 2.35. The quantitative estimate of drug-likeness (QED) is 0.665. The van der Waals surface area contributed by atoms with E-state index >= 15 is 0 Å². The van der Waals surface area contributed by atoms with Gasteiger partial charge in [-0.25, -0.2) is 4.98 Å². The lowest BCUT2D eigenvalue weighted by Crippen LogP contribution is -2.13. The van der Waals surface area contributed by atoms with Crippen molar-refractivity contribution in [1.29, 1.82) is 0 Å². The molecular formula is C5H7N3OS2. The Bertz CT molecular complexity index is 283. The van der Waals surface area contributed by atoms with Gasteiger partial charge in [0.05, 0.1) is 0 Å². The number of hydrogen-bond acceptors (Lipinski definition) is 5. The van der Waals surface area contributed by atoms with Crippen LogP contribution in [0.25, 0.3) is 0 Å². The third-order valence-electron chi connectivity index (χ3n) is 1.04. The molecule has 6 heteroatoms. The number of nitrogen functional groups attached to an aromatic ring is 1. The number of hydrogen-bond donors (Lipinski definition) is 2. The summed E-state index contributed by atoms with van der Waals surface area (Å²) in [6.07, 6.45) is 1.86. The summed E-state index contributed by atoms with van der Waals surface area (Å²) in [5.74, 6) is -0.570. The van der Waals surface area contributed by atoms with Gasteiger partial charge in [0, 0.05) is 0 Å². The zero-order chi connectivity index (χ0) is 8.43. The number of carbonyl (C=O) groups is 1. The summed E-state index contributed by atoms with van der Waals surface area (Å²) >= 11 is 2.71. The summed E-state index contributed by atoms with van der Waals surface area (Å²) in [6.45, 7) is 0. The molecule has 1 heterocycles. The van der Waals surface area contributed by atoms with Gasteiger partial charge in [0.25, 0.3) is 5.91 Å². The molecule has 4 nitrogen and oxygen atoms in total.